The molecule has 22 heavy (non-hydrogen) atoms. The van der Waals surface area contributed by atoms with Crippen molar-refractivity contribution >= 4 is 0 Å². The topological polar surface area (TPSA) is 64.6 Å². The van der Waals surface area contributed by atoms with Crippen LogP contribution in [0.4, 0.5) is 0 Å². The lowest BCUT2D eigenvalue weighted by Crippen LogP contribution is -2.46. The Morgan fingerprint density at radius 1 is 0.818 bits per heavy atom. The second-order valence-corrected chi connectivity index (χ2v) is 5.54. The molecule has 3 heterocycles. The van der Waals surface area contributed by atoms with E-state index in [4.69, 9.17) is 33.2 Å². The van der Waals surface area contributed by atoms with Crippen LogP contribution in [0.25, 0.3) is 0 Å². The van der Waals surface area contributed by atoms with E-state index in [0.717, 1.165) is 0 Å². The monoisotopic (exact) mass is 318 g/mol. The van der Waals surface area contributed by atoms with Gasteiger partial charge < -0.3 is 33.2 Å². The molecule has 2 unspecified atom stereocenters. The molecule has 0 aliphatic carbocycles. The van der Waals surface area contributed by atoms with Gasteiger partial charge in [0.15, 0.2) is 18.9 Å². The zero-order valence-electron chi connectivity index (χ0n) is 13.3. The van der Waals surface area contributed by atoms with Gasteiger partial charge in [-0.3, -0.25) is 0 Å². The van der Waals surface area contributed by atoms with Crippen LogP contribution in [0.3, 0.4) is 0 Å². The van der Waals surface area contributed by atoms with Crippen molar-refractivity contribution in [2.75, 3.05) is 33.0 Å². The van der Waals surface area contributed by atoms with Crippen molar-refractivity contribution in [3.63, 3.8) is 0 Å². The van der Waals surface area contributed by atoms with E-state index in [1.807, 2.05) is 13.8 Å². The lowest BCUT2D eigenvalue weighted by molar-refractivity contribution is -0.273. The Kier molecular flexibility index (Phi) is 6.03. The predicted molar refractivity (Wildman–Crippen MR) is 75.2 cm³/mol. The van der Waals surface area contributed by atoms with Crippen LogP contribution < -0.4 is 0 Å². The highest BCUT2D eigenvalue weighted by Crippen LogP contribution is 2.38. The fourth-order valence-corrected chi connectivity index (χ4v) is 2.95. The zero-order chi connectivity index (χ0) is 15.4. The fourth-order valence-electron chi connectivity index (χ4n) is 2.95. The summed E-state index contributed by atoms with van der Waals surface area (Å²) in [6.07, 6.45) is 0.0613. The molecule has 0 amide bonds. The van der Waals surface area contributed by atoms with Gasteiger partial charge in [-0.15, -0.1) is 0 Å². The van der Waals surface area contributed by atoms with E-state index in [-0.39, 0.29) is 37.2 Å². The lowest BCUT2D eigenvalue weighted by Gasteiger charge is -2.33. The van der Waals surface area contributed by atoms with Crippen LogP contribution in [0.1, 0.15) is 26.7 Å². The van der Waals surface area contributed by atoms with Gasteiger partial charge in [0.1, 0.15) is 18.3 Å². The first-order valence-electron chi connectivity index (χ1n) is 8.20. The van der Waals surface area contributed by atoms with E-state index in [1.165, 1.54) is 0 Å². The van der Waals surface area contributed by atoms with Crippen molar-refractivity contribution in [1.82, 2.24) is 0 Å². The van der Waals surface area contributed by atoms with E-state index < -0.39 is 0 Å². The quantitative estimate of drug-likeness (QED) is 0.620. The van der Waals surface area contributed by atoms with Crippen LogP contribution in [-0.4, -0.2) is 70.2 Å². The van der Waals surface area contributed by atoms with Gasteiger partial charge in [-0.05, 0) is 13.8 Å². The lowest BCUT2D eigenvalue weighted by atomic mass is 10.1. The van der Waals surface area contributed by atoms with E-state index >= 15 is 0 Å². The maximum absolute atomic E-state index is 5.98. The van der Waals surface area contributed by atoms with E-state index in [9.17, 15) is 0 Å². The Morgan fingerprint density at radius 3 is 2.23 bits per heavy atom. The molecule has 3 fully saturated rings. The molecule has 3 rings (SSSR count). The third-order valence-electron chi connectivity index (χ3n) is 4.02. The van der Waals surface area contributed by atoms with Crippen molar-refractivity contribution < 1.29 is 33.2 Å². The molecule has 0 aromatic heterocycles. The summed E-state index contributed by atoms with van der Waals surface area (Å²) in [7, 11) is 0. The van der Waals surface area contributed by atoms with Crippen LogP contribution in [0.2, 0.25) is 0 Å². The highest BCUT2D eigenvalue weighted by Gasteiger charge is 2.55. The van der Waals surface area contributed by atoms with Crippen LogP contribution >= 0.6 is 0 Å². The molecule has 3 aliphatic rings. The molecule has 0 aromatic carbocycles. The standard InChI is InChI=1S/C15H26O7/c1-3-16-7-5-11-18-9-10-13(20-11)14-15(19-10)22-12(21-14)6-8-17-4-2/h10-15H,3-9H2,1-2H3/t10-,11?,12?,13+,14-,15-/m1/s1. The second-order valence-electron chi connectivity index (χ2n) is 5.54. The Balaban J connectivity index is 1.46. The Bertz CT molecular complexity index is 338. The molecule has 0 bridgehead atoms. The van der Waals surface area contributed by atoms with Gasteiger partial charge in [0.05, 0.1) is 19.8 Å². The van der Waals surface area contributed by atoms with Crippen LogP contribution in [0, 0.1) is 0 Å². The summed E-state index contributed by atoms with van der Waals surface area (Å²) in [4.78, 5) is 0. The first kappa shape index (κ1) is 16.6. The summed E-state index contributed by atoms with van der Waals surface area (Å²) in [5.74, 6) is 0. The maximum Gasteiger partial charge on any atom is 0.190 e. The summed E-state index contributed by atoms with van der Waals surface area (Å²) >= 11 is 0. The predicted octanol–water partition coefficient (Wildman–Crippen LogP) is 1.05. The normalized spacial score (nSPS) is 40.6. The Hall–Kier alpha value is -0.280. The molecule has 7 nitrogen and oxygen atoms in total. The number of fused-ring (bicyclic) bond motifs is 3. The minimum atomic E-state index is -0.365. The highest BCUT2D eigenvalue weighted by atomic mass is 16.8. The van der Waals surface area contributed by atoms with Gasteiger partial charge in [-0.25, -0.2) is 0 Å². The van der Waals surface area contributed by atoms with Crippen LogP contribution in [-0.2, 0) is 33.2 Å². The highest BCUT2D eigenvalue weighted by molar-refractivity contribution is 4.94. The smallest absolute Gasteiger partial charge is 0.190 e. The van der Waals surface area contributed by atoms with E-state index in [1.54, 1.807) is 0 Å². The van der Waals surface area contributed by atoms with Crippen molar-refractivity contribution in [3.8, 4) is 0 Å². The van der Waals surface area contributed by atoms with E-state index in [0.29, 0.717) is 45.9 Å². The molecule has 3 aliphatic heterocycles. The second kappa shape index (κ2) is 8.01. The van der Waals surface area contributed by atoms with E-state index in [2.05, 4.69) is 0 Å². The minimum absolute atomic E-state index is 0.119. The summed E-state index contributed by atoms with van der Waals surface area (Å²) < 4.78 is 39.8. The zero-order valence-corrected chi connectivity index (χ0v) is 13.3. The first-order chi connectivity index (χ1) is 10.8. The third kappa shape index (κ3) is 3.79. The largest absolute Gasteiger partial charge is 0.382 e. The molecule has 0 aromatic rings. The molecule has 0 radical (unpaired) electrons. The van der Waals surface area contributed by atoms with Gasteiger partial charge in [0.25, 0.3) is 0 Å². The van der Waals surface area contributed by atoms with Gasteiger partial charge in [-0.1, -0.05) is 0 Å². The molecular formula is C15H26O7. The molecular weight excluding hydrogens is 292 g/mol. The molecule has 0 saturated carbocycles. The average Bonchev–Trinajstić information content (AvgIpc) is 3.05. The molecule has 128 valence electrons. The third-order valence-corrected chi connectivity index (χ3v) is 4.02. The average molecular weight is 318 g/mol. The van der Waals surface area contributed by atoms with Gasteiger partial charge in [0.2, 0.25) is 0 Å². The molecule has 6 atom stereocenters. The summed E-state index contributed by atoms with van der Waals surface area (Å²) in [6.45, 7) is 7.09. The van der Waals surface area contributed by atoms with Gasteiger partial charge in [-0.2, -0.15) is 0 Å². The Labute approximate surface area is 131 Å². The van der Waals surface area contributed by atoms with Gasteiger partial charge in [0, 0.05) is 26.1 Å². The van der Waals surface area contributed by atoms with Crippen molar-refractivity contribution in [2.24, 2.45) is 0 Å². The number of hydrogen-bond donors (Lipinski definition) is 0. The molecule has 3 saturated heterocycles. The molecule has 0 spiro atoms. The number of hydrogen-bond acceptors (Lipinski definition) is 7. The first-order valence-corrected chi connectivity index (χ1v) is 8.20. The summed E-state index contributed by atoms with van der Waals surface area (Å²) in [5.41, 5.74) is 0. The maximum atomic E-state index is 5.98. The van der Waals surface area contributed by atoms with Crippen LogP contribution in [0.15, 0.2) is 0 Å². The number of rotatable bonds is 8. The summed E-state index contributed by atoms with van der Waals surface area (Å²) in [6, 6.07) is 0. The van der Waals surface area contributed by atoms with Crippen molar-refractivity contribution in [3.05, 3.63) is 0 Å². The fraction of sp³-hybridized carbons (Fsp3) is 1.00. The number of ether oxygens (including phenoxy) is 7. The van der Waals surface area contributed by atoms with Crippen molar-refractivity contribution in [1.29, 1.82) is 0 Å². The molecule has 0 N–H and O–H groups in total. The minimum Gasteiger partial charge on any atom is -0.382 e. The molecule has 7 heteroatoms. The summed E-state index contributed by atoms with van der Waals surface area (Å²) in [5, 5.41) is 0. The van der Waals surface area contributed by atoms with Crippen LogP contribution in [0.5, 0.6) is 0 Å². The Morgan fingerprint density at radius 2 is 1.50 bits per heavy atom. The SMILES string of the molecule is CCOCCC1OC[C@H]2O[C@@H]3OC(CCOCC)O[C@@H]3[C@H]2O1. The van der Waals surface area contributed by atoms with Crippen molar-refractivity contribution in [2.45, 2.75) is 63.9 Å². The van der Waals surface area contributed by atoms with Gasteiger partial charge >= 0.3 is 0 Å².